The summed E-state index contributed by atoms with van der Waals surface area (Å²) in [5.74, 6) is 0. The second-order valence-corrected chi connectivity index (χ2v) is 5.97. The molecule has 3 rings (SSSR count). The summed E-state index contributed by atoms with van der Waals surface area (Å²) in [6, 6.07) is 8.02. The van der Waals surface area contributed by atoms with Crippen LogP contribution in [0.3, 0.4) is 0 Å². The minimum absolute atomic E-state index is 0.490. The van der Waals surface area contributed by atoms with Crippen LogP contribution in [0.2, 0.25) is 0 Å². The van der Waals surface area contributed by atoms with E-state index in [9.17, 15) is 0 Å². The average Bonchev–Trinajstić information content (AvgIpc) is 2.86. The van der Waals surface area contributed by atoms with Gasteiger partial charge in [-0.05, 0) is 30.4 Å². The molecule has 1 aromatic heterocycles. The fourth-order valence-electron chi connectivity index (χ4n) is 2.98. The van der Waals surface area contributed by atoms with Gasteiger partial charge in [0.2, 0.25) is 0 Å². The summed E-state index contributed by atoms with van der Waals surface area (Å²) in [5, 5.41) is 3.55. The summed E-state index contributed by atoms with van der Waals surface area (Å²) in [5.41, 5.74) is 3.47. The largest absolute Gasteiger partial charge is 0.311 e. The molecule has 1 aliphatic carbocycles. The first-order valence-corrected chi connectivity index (χ1v) is 7.17. The molecular weight excluding hydrogens is 234 g/mol. The number of nitrogens with one attached hydrogen (secondary N) is 1. The summed E-state index contributed by atoms with van der Waals surface area (Å²) in [4.78, 5) is 9.08. The lowest BCUT2D eigenvalue weighted by Gasteiger charge is -2.23. The number of benzene rings is 1. The highest BCUT2D eigenvalue weighted by Crippen LogP contribution is 2.36. The molecular formula is C16H21N3. The number of aromatic nitrogens is 2. The van der Waals surface area contributed by atoms with Gasteiger partial charge in [0.25, 0.3) is 0 Å². The molecule has 1 aliphatic rings. The topological polar surface area (TPSA) is 37.8 Å². The summed E-state index contributed by atoms with van der Waals surface area (Å²) in [6.07, 6.45) is 7.35. The summed E-state index contributed by atoms with van der Waals surface area (Å²) in [7, 11) is 0. The van der Waals surface area contributed by atoms with E-state index in [2.05, 4.69) is 22.2 Å². The van der Waals surface area contributed by atoms with Crippen molar-refractivity contribution in [2.24, 2.45) is 5.41 Å². The van der Waals surface area contributed by atoms with Crippen molar-refractivity contribution in [3.63, 3.8) is 0 Å². The Bertz CT molecular complexity index is 559. The van der Waals surface area contributed by atoms with Crippen LogP contribution in [0.5, 0.6) is 0 Å². The lowest BCUT2D eigenvalue weighted by molar-refractivity contribution is 0.314. The van der Waals surface area contributed by atoms with Gasteiger partial charge in [-0.1, -0.05) is 31.9 Å². The van der Waals surface area contributed by atoms with Crippen molar-refractivity contribution >= 4 is 11.0 Å². The molecule has 0 spiro atoms. The molecule has 0 bridgehead atoms. The van der Waals surface area contributed by atoms with Gasteiger partial charge < -0.3 is 5.32 Å². The van der Waals surface area contributed by atoms with Crippen LogP contribution < -0.4 is 5.32 Å². The summed E-state index contributed by atoms with van der Waals surface area (Å²) < 4.78 is 0. The van der Waals surface area contributed by atoms with Gasteiger partial charge in [-0.3, -0.25) is 4.98 Å². The van der Waals surface area contributed by atoms with Gasteiger partial charge in [-0.15, -0.1) is 0 Å². The van der Waals surface area contributed by atoms with E-state index in [4.69, 9.17) is 0 Å². The molecule has 0 saturated heterocycles. The minimum atomic E-state index is 0.490. The van der Waals surface area contributed by atoms with Gasteiger partial charge in [0.15, 0.2) is 0 Å². The van der Waals surface area contributed by atoms with Crippen molar-refractivity contribution < 1.29 is 0 Å². The third kappa shape index (κ3) is 2.92. The van der Waals surface area contributed by atoms with E-state index in [1.165, 1.54) is 25.7 Å². The maximum atomic E-state index is 4.64. The first kappa shape index (κ1) is 12.5. The Kier molecular flexibility index (Phi) is 3.47. The highest BCUT2D eigenvalue weighted by Gasteiger charge is 2.27. The Morgan fingerprint density at radius 1 is 1.16 bits per heavy atom. The monoisotopic (exact) mass is 255 g/mol. The maximum absolute atomic E-state index is 4.64. The Balaban J connectivity index is 1.62. The highest BCUT2D eigenvalue weighted by atomic mass is 14.9. The first-order valence-electron chi connectivity index (χ1n) is 7.17. The second kappa shape index (κ2) is 5.25. The van der Waals surface area contributed by atoms with Crippen molar-refractivity contribution in [1.29, 1.82) is 0 Å². The van der Waals surface area contributed by atoms with Crippen LogP contribution in [0, 0.1) is 5.41 Å². The lowest BCUT2D eigenvalue weighted by atomic mass is 9.89. The fraction of sp³-hybridized carbons (Fsp3) is 0.500. The zero-order valence-electron chi connectivity index (χ0n) is 11.5. The molecule has 1 heterocycles. The Morgan fingerprint density at radius 2 is 1.89 bits per heavy atom. The van der Waals surface area contributed by atoms with Gasteiger partial charge in [-0.25, -0.2) is 4.98 Å². The highest BCUT2D eigenvalue weighted by molar-refractivity contribution is 5.73. The molecule has 1 aromatic carbocycles. The van der Waals surface area contributed by atoms with Crippen LogP contribution in [0.1, 0.15) is 38.3 Å². The Morgan fingerprint density at radius 3 is 2.68 bits per heavy atom. The SMILES string of the molecule is CC1(CNCc2cnc3ccccc3n2)CCCC1. The number of hydrogen-bond acceptors (Lipinski definition) is 3. The van der Waals surface area contributed by atoms with Gasteiger partial charge in [0.1, 0.15) is 0 Å². The number of para-hydroxylation sites is 2. The Labute approximate surface area is 114 Å². The standard InChI is InChI=1S/C16H21N3/c1-16(8-4-5-9-16)12-17-10-13-11-18-14-6-2-3-7-15(14)19-13/h2-3,6-7,11,17H,4-5,8-10,12H2,1H3. The first-order chi connectivity index (χ1) is 9.25. The van der Waals surface area contributed by atoms with Crippen molar-refractivity contribution in [2.45, 2.75) is 39.2 Å². The zero-order chi connectivity index (χ0) is 13.1. The molecule has 0 amide bonds. The van der Waals surface area contributed by atoms with Crippen molar-refractivity contribution in [2.75, 3.05) is 6.54 Å². The summed E-state index contributed by atoms with van der Waals surface area (Å²) >= 11 is 0. The van der Waals surface area contributed by atoms with Gasteiger partial charge >= 0.3 is 0 Å². The van der Waals surface area contributed by atoms with Crippen LogP contribution in [0.4, 0.5) is 0 Å². The summed E-state index contributed by atoms with van der Waals surface area (Å²) in [6.45, 7) is 4.29. The third-order valence-electron chi connectivity index (χ3n) is 4.17. The fourth-order valence-corrected chi connectivity index (χ4v) is 2.98. The number of hydrogen-bond donors (Lipinski definition) is 1. The lowest BCUT2D eigenvalue weighted by Crippen LogP contribution is -2.29. The molecule has 1 saturated carbocycles. The molecule has 3 heteroatoms. The predicted molar refractivity (Wildman–Crippen MR) is 77.8 cm³/mol. The molecule has 0 unspecified atom stereocenters. The average molecular weight is 255 g/mol. The van der Waals surface area contributed by atoms with Crippen LogP contribution >= 0.6 is 0 Å². The van der Waals surface area contributed by atoms with E-state index in [1.807, 2.05) is 30.5 Å². The van der Waals surface area contributed by atoms with E-state index in [-0.39, 0.29) is 0 Å². The molecule has 0 aliphatic heterocycles. The van der Waals surface area contributed by atoms with Crippen molar-refractivity contribution in [3.8, 4) is 0 Å². The normalized spacial score (nSPS) is 17.9. The van der Waals surface area contributed by atoms with Gasteiger partial charge in [0, 0.05) is 13.1 Å². The second-order valence-electron chi connectivity index (χ2n) is 5.97. The van der Waals surface area contributed by atoms with Gasteiger partial charge in [-0.2, -0.15) is 0 Å². The number of nitrogens with zero attached hydrogens (tertiary/aromatic N) is 2. The van der Waals surface area contributed by atoms with E-state index in [1.54, 1.807) is 0 Å². The molecule has 3 nitrogen and oxygen atoms in total. The zero-order valence-corrected chi connectivity index (χ0v) is 11.5. The van der Waals surface area contributed by atoms with Crippen LogP contribution in [-0.2, 0) is 6.54 Å². The van der Waals surface area contributed by atoms with Crippen molar-refractivity contribution in [3.05, 3.63) is 36.2 Å². The number of fused-ring (bicyclic) bond motifs is 1. The maximum Gasteiger partial charge on any atom is 0.0890 e. The van der Waals surface area contributed by atoms with E-state index >= 15 is 0 Å². The molecule has 0 atom stereocenters. The van der Waals surface area contributed by atoms with Crippen molar-refractivity contribution in [1.82, 2.24) is 15.3 Å². The molecule has 100 valence electrons. The molecule has 0 radical (unpaired) electrons. The smallest absolute Gasteiger partial charge is 0.0890 e. The quantitative estimate of drug-likeness (QED) is 0.911. The van der Waals surface area contributed by atoms with Gasteiger partial charge in [0.05, 0.1) is 22.9 Å². The van der Waals surface area contributed by atoms with E-state index < -0.39 is 0 Å². The number of rotatable bonds is 4. The van der Waals surface area contributed by atoms with Crippen LogP contribution in [-0.4, -0.2) is 16.5 Å². The van der Waals surface area contributed by atoms with Crippen LogP contribution in [0.25, 0.3) is 11.0 Å². The minimum Gasteiger partial charge on any atom is -0.311 e. The molecule has 1 fully saturated rings. The van der Waals surface area contributed by atoms with E-state index in [0.29, 0.717) is 5.41 Å². The molecule has 19 heavy (non-hydrogen) atoms. The van der Waals surface area contributed by atoms with E-state index in [0.717, 1.165) is 29.8 Å². The van der Waals surface area contributed by atoms with Crippen LogP contribution in [0.15, 0.2) is 30.5 Å². The molecule has 2 aromatic rings. The Hall–Kier alpha value is -1.48. The molecule has 1 N–H and O–H groups in total. The third-order valence-corrected chi connectivity index (χ3v) is 4.17. The predicted octanol–water partition coefficient (Wildman–Crippen LogP) is 3.30.